The molecule has 2 heteroatoms. The van der Waals surface area contributed by atoms with E-state index >= 15 is 0 Å². The molecule has 25 heavy (non-hydrogen) atoms. The van der Waals surface area contributed by atoms with Crippen molar-refractivity contribution < 1.29 is 9.59 Å². The molecule has 0 amide bonds. The highest BCUT2D eigenvalue weighted by atomic mass is 16.1. The Morgan fingerprint density at radius 2 is 1.04 bits per heavy atom. The minimum Gasteiger partial charge on any atom is -0.300 e. The van der Waals surface area contributed by atoms with Crippen LogP contribution in [0.2, 0.25) is 0 Å². The smallest absolute Gasteiger partial charge is 0.135 e. The first kappa shape index (κ1) is 24.3. The third-order valence-electron chi connectivity index (χ3n) is 5.24. The Labute approximate surface area is 157 Å². The summed E-state index contributed by atoms with van der Waals surface area (Å²) in [5.74, 6) is 0.778. The molecule has 0 N–H and O–H groups in total. The fourth-order valence-corrected chi connectivity index (χ4v) is 3.27. The average Bonchev–Trinajstić information content (AvgIpc) is 2.61. The van der Waals surface area contributed by atoms with Crippen molar-refractivity contribution in [2.24, 2.45) is 5.92 Å². The monoisotopic (exact) mass is 352 g/mol. The standard InChI is InChI=1S/C23H44O2/c1-4-6-8-10-12-14-16-18-23(25)21(3)19-20-22(24)17-15-13-11-9-7-5-2/h21H,4-20H2,1-3H3. The summed E-state index contributed by atoms with van der Waals surface area (Å²) in [7, 11) is 0. The first-order valence-electron chi connectivity index (χ1n) is 11.2. The Kier molecular flexibility index (Phi) is 17.7. The second-order valence-electron chi connectivity index (χ2n) is 7.83. The molecule has 0 saturated heterocycles. The molecule has 148 valence electrons. The van der Waals surface area contributed by atoms with Gasteiger partial charge in [-0.05, 0) is 19.3 Å². The third-order valence-corrected chi connectivity index (χ3v) is 5.24. The zero-order valence-electron chi connectivity index (χ0n) is 17.4. The van der Waals surface area contributed by atoms with Crippen molar-refractivity contribution in [2.75, 3.05) is 0 Å². The zero-order valence-corrected chi connectivity index (χ0v) is 17.4. The Bertz CT molecular complexity index is 322. The molecule has 0 aliphatic rings. The normalized spacial score (nSPS) is 12.3. The number of carbonyl (C=O) groups is 2. The van der Waals surface area contributed by atoms with Crippen LogP contribution in [0.3, 0.4) is 0 Å². The molecule has 1 atom stereocenters. The van der Waals surface area contributed by atoms with Gasteiger partial charge in [0, 0.05) is 25.2 Å². The summed E-state index contributed by atoms with van der Waals surface area (Å²) < 4.78 is 0. The molecule has 0 aromatic carbocycles. The SMILES string of the molecule is CCCCCCCCCC(=O)C(C)CCC(=O)CCCCCCCC. The minimum atomic E-state index is 0.0635. The average molecular weight is 353 g/mol. The summed E-state index contributed by atoms with van der Waals surface area (Å²) in [5.41, 5.74) is 0. The Hall–Kier alpha value is -0.660. The summed E-state index contributed by atoms with van der Waals surface area (Å²) in [6.45, 7) is 6.46. The van der Waals surface area contributed by atoms with Gasteiger partial charge in [-0.15, -0.1) is 0 Å². The van der Waals surface area contributed by atoms with Crippen LogP contribution in [-0.2, 0) is 9.59 Å². The summed E-state index contributed by atoms with van der Waals surface area (Å²) >= 11 is 0. The quantitative estimate of drug-likeness (QED) is 0.226. The molecule has 0 bridgehead atoms. The van der Waals surface area contributed by atoms with E-state index in [1.165, 1.54) is 70.6 Å². The highest BCUT2D eigenvalue weighted by Crippen LogP contribution is 2.15. The van der Waals surface area contributed by atoms with Crippen molar-refractivity contribution in [3.8, 4) is 0 Å². The van der Waals surface area contributed by atoms with Crippen LogP contribution >= 0.6 is 0 Å². The van der Waals surface area contributed by atoms with Crippen LogP contribution in [-0.4, -0.2) is 11.6 Å². The molecule has 1 unspecified atom stereocenters. The van der Waals surface area contributed by atoms with Gasteiger partial charge >= 0.3 is 0 Å². The summed E-state index contributed by atoms with van der Waals surface area (Å²) in [6.07, 6.45) is 18.9. The molecule has 0 heterocycles. The minimum absolute atomic E-state index is 0.0635. The van der Waals surface area contributed by atoms with Crippen LogP contribution in [0.4, 0.5) is 0 Å². The van der Waals surface area contributed by atoms with Gasteiger partial charge < -0.3 is 0 Å². The molecule has 0 aromatic heterocycles. The lowest BCUT2D eigenvalue weighted by molar-refractivity contribution is -0.123. The van der Waals surface area contributed by atoms with Gasteiger partial charge in [0.2, 0.25) is 0 Å². The molecular weight excluding hydrogens is 308 g/mol. The largest absolute Gasteiger partial charge is 0.300 e. The summed E-state index contributed by atoms with van der Waals surface area (Å²) in [4.78, 5) is 24.1. The van der Waals surface area contributed by atoms with E-state index in [0.717, 1.165) is 19.3 Å². The number of hydrogen-bond acceptors (Lipinski definition) is 2. The fraction of sp³-hybridized carbons (Fsp3) is 0.913. The molecule has 0 aliphatic carbocycles. The summed E-state index contributed by atoms with van der Waals surface area (Å²) in [6, 6.07) is 0. The Morgan fingerprint density at radius 1 is 0.600 bits per heavy atom. The topological polar surface area (TPSA) is 34.1 Å². The molecule has 0 aliphatic heterocycles. The van der Waals surface area contributed by atoms with Crippen LogP contribution in [0.25, 0.3) is 0 Å². The summed E-state index contributed by atoms with van der Waals surface area (Å²) in [5, 5.41) is 0. The third kappa shape index (κ3) is 16.6. The first-order chi connectivity index (χ1) is 12.1. The molecule has 0 spiro atoms. The van der Waals surface area contributed by atoms with E-state index in [1.807, 2.05) is 6.92 Å². The number of unbranched alkanes of at least 4 members (excludes halogenated alkanes) is 11. The van der Waals surface area contributed by atoms with Crippen LogP contribution in [0.5, 0.6) is 0 Å². The van der Waals surface area contributed by atoms with Gasteiger partial charge in [0.1, 0.15) is 11.6 Å². The van der Waals surface area contributed by atoms with E-state index in [1.54, 1.807) is 0 Å². The van der Waals surface area contributed by atoms with Gasteiger partial charge in [0.05, 0.1) is 0 Å². The van der Waals surface area contributed by atoms with Crippen molar-refractivity contribution in [1.82, 2.24) is 0 Å². The number of hydrogen-bond donors (Lipinski definition) is 0. The molecule has 0 aromatic rings. The maximum atomic E-state index is 12.1. The van der Waals surface area contributed by atoms with E-state index in [2.05, 4.69) is 13.8 Å². The molecule has 0 fully saturated rings. The number of ketones is 2. The van der Waals surface area contributed by atoms with Gasteiger partial charge in [0.25, 0.3) is 0 Å². The Balaban J connectivity index is 3.54. The second-order valence-corrected chi connectivity index (χ2v) is 7.83. The van der Waals surface area contributed by atoms with Gasteiger partial charge in [-0.1, -0.05) is 91.4 Å². The van der Waals surface area contributed by atoms with E-state index < -0.39 is 0 Å². The van der Waals surface area contributed by atoms with E-state index in [9.17, 15) is 9.59 Å². The maximum Gasteiger partial charge on any atom is 0.135 e. The van der Waals surface area contributed by atoms with E-state index in [0.29, 0.717) is 30.8 Å². The van der Waals surface area contributed by atoms with E-state index in [-0.39, 0.29) is 5.92 Å². The van der Waals surface area contributed by atoms with Crippen molar-refractivity contribution in [2.45, 2.75) is 130 Å². The first-order valence-corrected chi connectivity index (χ1v) is 11.2. The van der Waals surface area contributed by atoms with Crippen LogP contribution in [0, 0.1) is 5.92 Å². The second kappa shape index (κ2) is 18.1. The van der Waals surface area contributed by atoms with Gasteiger partial charge in [-0.2, -0.15) is 0 Å². The van der Waals surface area contributed by atoms with Crippen molar-refractivity contribution >= 4 is 11.6 Å². The van der Waals surface area contributed by atoms with Crippen molar-refractivity contribution in [3.63, 3.8) is 0 Å². The Morgan fingerprint density at radius 3 is 1.56 bits per heavy atom. The van der Waals surface area contributed by atoms with Gasteiger partial charge in [-0.3, -0.25) is 9.59 Å². The highest BCUT2D eigenvalue weighted by molar-refractivity contribution is 5.82. The van der Waals surface area contributed by atoms with Gasteiger partial charge in [-0.25, -0.2) is 0 Å². The van der Waals surface area contributed by atoms with Crippen LogP contribution < -0.4 is 0 Å². The fourth-order valence-electron chi connectivity index (χ4n) is 3.27. The highest BCUT2D eigenvalue weighted by Gasteiger charge is 2.14. The molecule has 0 saturated carbocycles. The van der Waals surface area contributed by atoms with E-state index in [4.69, 9.17) is 0 Å². The number of Topliss-reactive ketones (excluding diaryl/α,β-unsaturated/α-hetero) is 2. The van der Waals surface area contributed by atoms with Crippen LogP contribution in [0.15, 0.2) is 0 Å². The van der Waals surface area contributed by atoms with Crippen molar-refractivity contribution in [3.05, 3.63) is 0 Å². The molecular formula is C23H44O2. The molecule has 2 nitrogen and oxygen atoms in total. The lowest BCUT2D eigenvalue weighted by Crippen LogP contribution is -2.12. The lowest BCUT2D eigenvalue weighted by Gasteiger charge is -2.10. The predicted octanol–water partition coefficient (Wildman–Crippen LogP) is 7.43. The molecule has 0 rings (SSSR count). The predicted molar refractivity (Wildman–Crippen MR) is 109 cm³/mol. The number of carbonyl (C=O) groups excluding carboxylic acids is 2. The molecule has 0 radical (unpaired) electrons. The number of rotatable bonds is 19. The van der Waals surface area contributed by atoms with Gasteiger partial charge in [0.15, 0.2) is 0 Å². The lowest BCUT2D eigenvalue weighted by atomic mass is 9.94. The van der Waals surface area contributed by atoms with Crippen LogP contribution in [0.1, 0.15) is 130 Å². The maximum absolute atomic E-state index is 12.1. The zero-order chi connectivity index (χ0) is 18.8. The van der Waals surface area contributed by atoms with Crippen molar-refractivity contribution in [1.29, 1.82) is 0 Å².